The second-order valence-electron chi connectivity index (χ2n) is 6.66. The van der Waals surface area contributed by atoms with Crippen LogP contribution in [0, 0.1) is 5.82 Å². The lowest BCUT2D eigenvalue weighted by Gasteiger charge is -2.08. The Labute approximate surface area is 164 Å². The number of unbranched alkanes of at least 4 members (excludes halogenated alkanes) is 2. The van der Waals surface area contributed by atoms with E-state index in [1.165, 1.54) is 25.0 Å². The first-order chi connectivity index (χ1) is 13.6. The molecule has 0 radical (unpaired) electrons. The molecule has 0 atom stereocenters. The summed E-state index contributed by atoms with van der Waals surface area (Å²) in [6.45, 7) is 2.90. The molecule has 3 rings (SSSR count). The first-order valence-corrected chi connectivity index (χ1v) is 9.45. The highest BCUT2D eigenvalue weighted by Crippen LogP contribution is 2.27. The largest absolute Gasteiger partial charge is 0.494 e. The summed E-state index contributed by atoms with van der Waals surface area (Å²) in [5.74, 6) is -1.13. The number of carboxylic acids is 1. The molecule has 3 aromatic carbocycles. The van der Waals surface area contributed by atoms with Crippen molar-refractivity contribution in [2.24, 2.45) is 0 Å². The average Bonchev–Trinajstić information content (AvgIpc) is 2.71. The molecule has 4 heteroatoms. The van der Waals surface area contributed by atoms with Crippen molar-refractivity contribution in [1.82, 2.24) is 0 Å². The summed E-state index contributed by atoms with van der Waals surface area (Å²) in [6, 6.07) is 19.9. The molecule has 0 amide bonds. The van der Waals surface area contributed by atoms with Crippen molar-refractivity contribution in [2.45, 2.75) is 26.2 Å². The molecule has 0 spiro atoms. The van der Waals surface area contributed by atoms with Gasteiger partial charge in [-0.25, -0.2) is 9.18 Å². The number of halogens is 1. The number of hydrogen-bond acceptors (Lipinski definition) is 2. The molecular weight excluding hydrogens is 355 g/mol. The zero-order chi connectivity index (χ0) is 19.9. The van der Waals surface area contributed by atoms with Crippen LogP contribution in [0.4, 0.5) is 4.39 Å². The summed E-state index contributed by atoms with van der Waals surface area (Å²) in [4.78, 5) is 10.9. The van der Waals surface area contributed by atoms with Crippen molar-refractivity contribution < 1.29 is 19.0 Å². The lowest BCUT2D eigenvalue weighted by atomic mass is 9.99. The van der Waals surface area contributed by atoms with Crippen molar-refractivity contribution in [3.8, 4) is 28.0 Å². The monoisotopic (exact) mass is 378 g/mol. The van der Waals surface area contributed by atoms with E-state index in [1.807, 2.05) is 48.5 Å². The molecule has 0 aliphatic carbocycles. The van der Waals surface area contributed by atoms with Gasteiger partial charge in [-0.05, 0) is 52.9 Å². The van der Waals surface area contributed by atoms with E-state index in [0.29, 0.717) is 5.56 Å². The van der Waals surface area contributed by atoms with Gasteiger partial charge in [0, 0.05) is 0 Å². The van der Waals surface area contributed by atoms with Gasteiger partial charge in [-0.1, -0.05) is 62.2 Å². The Morgan fingerprint density at radius 2 is 1.39 bits per heavy atom. The predicted molar refractivity (Wildman–Crippen MR) is 109 cm³/mol. The summed E-state index contributed by atoms with van der Waals surface area (Å²) in [7, 11) is 0. The predicted octanol–water partition coefficient (Wildman–Crippen LogP) is 6.43. The van der Waals surface area contributed by atoms with Crippen LogP contribution in [-0.4, -0.2) is 17.7 Å². The normalized spacial score (nSPS) is 10.6. The molecule has 0 aliphatic rings. The van der Waals surface area contributed by atoms with Crippen molar-refractivity contribution in [3.63, 3.8) is 0 Å². The highest BCUT2D eigenvalue weighted by atomic mass is 19.1. The molecular formula is C24H23FO3. The molecule has 28 heavy (non-hydrogen) atoms. The maximum absolute atomic E-state index is 13.9. The van der Waals surface area contributed by atoms with Gasteiger partial charge in [0.2, 0.25) is 0 Å². The molecule has 0 saturated carbocycles. The number of benzene rings is 3. The summed E-state index contributed by atoms with van der Waals surface area (Å²) in [6.07, 6.45) is 3.41. The quantitative estimate of drug-likeness (QED) is 0.460. The second kappa shape index (κ2) is 9.18. The minimum Gasteiger partial charge on any atom is -0.494 e. The molecule has 3 aromatic rings. The minimum atomic E-state index is -1.27. The van der Waals surface area contributed by atoms with Crippen LogP contribution < -0.4 is 4.74 Å². The molecule has 0 bridgehead atoms. The molecule has 3 nitrogen and oxygen atoms in total. The second-order valence-corrected chi connectivity index (χ2v) is 6.66. The van der Waals surface area contributed by atoms with Crippen molar-refractivity contribution in [3.05, 3.63) is 78.1 Å². The Morgan fingerprint density at radius 1 is 0.857 bits per heavy atom. The van der Waals surface area contributed by atoms with Crippen LogP contribution in [-0.2, 0) is 0 Å². The lowest BCUT2D eigenvalue weighted by molar-refractivity contribution is 0.0692. The van der Waals surface area contributed by atoms with E-state index in [1.54, 1.807) is 6.07 Å². The number of carbonyl (C=O) groups is 1. The van der Waals surface area contributed by atoms with E-state index in [0.717, 1.165) is 35.5 Å². The number of carboxylic acid groups (broad SMARTS) is 1. The highest BCUT2D eigenvalue weighted by Gasteiger charge is 2.11. The zero-order valence-corrected chi connectivity index (χ0v) is 15.8. The zero-order valence-electron chi connectivity index (χ0n) is 15.8. The van der Waals surface area contributed by atoms with Gasteiger partial charge in [-0.15, -0.1) is 0 Å². The maximum atomic E-state index is 13.9. The van der Waals surface area contributed by atoms with E-state index in [9.17, 15) is 9.18 Å². The van der Waals surface area contributed by atoms with Crippen LogP contribution in [0.25, 0.3) is 22.3 Å². The smallest absolute Gasteiger partial charge is 0.338 e. The third kappa shape index (κ3) is 4.77. The number of ether oxygens (including phenoxy) is 1. The van der Waals surface area contributed by atoms with Crippen LogP contribution in [0.5, 0.6) is 5.75 Å². The third-order valence-corrected chi connectivity index (χ3v) is 4.62. The molecule has 0 aromatic heterocycles. The van der Waals surface area contributed by atoms with Crippen LogP contribution in [0.3, 0.4) is 0 Å². The van der Waals surface area contributed by atoms with Crippen LogP contribution >= 0.6 is 0 Å². The van der Waals surface area contributed by atoms with Crippen molar-refractivity contribution in [2.75, 3.05) is 6.61 Å². The topological polar surface area (TPSA) is 46.5 Å². The van der Waals surface area contributed by atoms with Gasteiger partial charge in [-0.2, -0.15) is 0 Å². The SMILES string of the molecule is CCCCCOc1ccc(-c2ccc(-c3ccc(C(=O)O)c(F)c3)cc2)cc1. The fourth-order valence-corrected chi connectivity index (χ4v) is 3.01. The minimum absolute atomic E-state index is 0.322. The van der Waals surface area contributed by atoms with Gasteiger partial charge < -0.3 is 9.84 Å². The molecule has 1 N–H and O–H groups in total. The van der Waals surface area contributed by atoms with E-state index >= 15 is 0 Å². The number of hydrogen-bond donors (Lipinski definition) is 1. The van der Waals surface area contributed by atoms with Crippen molar-refractivity contribution in [1.29, 1.82) is 0 Å². The first kappa shape index (κ1) is 19.6. The van der Waals surface area contributed by atoms with Gasteiger partial charge >= 0.3 is 5.97 Å². The maximum Gasteiger partial charge on any atom is 0.338 e. The van der Waals surface area contributed by atoms with Gasteiger partial charge in [-0.3, -0.25) is 0 Å². The Morgan fingerprint density at radius 3 is 1.93 bits per heavy atom. The molecule has 0 unspecified atom stereocenters. The first-order valence-electron chi connectivity index (χ1n) is 9.45. The number of aromatic carboxylic acids is 1. The molecule has 0 heterocycles. The van der Waals surface area contributed by atoms with E-state index in [2.05, 4.69) is 6.92 Å². The molecule has 0 fully saturated rings. The van der Waals surface area contributed by atoms with Crippen LogP contribution in [0.2, 0.25) is 0 Å². The van der Waals surface area contributed by atoms with E-state index in [-0.39, 0.29) is 5.56 Å². The van der Waals surface area contributed by atoms with Gasteiger partial charge in [0.05, 0.1) is 12.2 Å². The summed E-state index contributed by atoms with van der Waals surface area (Å²) >= 11 is 0. The number of rotatable bonds is 8. The summed E-state index contributed by atoms with van der Waals surface area (Å²) in [5.41, 5.74) is 3.27. The lowest BCUT2D eigenvalue weighted by Crippen LogP contribution is -2.00. The Balaban J connectivity index is 1.70. The fraction of sp³-hybridized carbons (Fsp3) is 0.208. The van der Waals surface area contributed by atoms with Crippen LogP contribution in [0.15, 0.2) is 66.7 Å². The standard InChI is InChI=1S/C24H23FO3/c1-2-3-4-15-28-21-12-9-18(10-13-21)17-5-7-19(8-6-17)20-11-14-22(24(26)27)23(25)16-20/h5-14,16H,2-4,15H2,1H3,(H,26,27). The Kier molecular flexibility index (Phi) is 6.43. The van der Waals surface area contributed by atoms with E-state index in [4.69, 9.17) is 9.84 Å². The fourth-order valence-electron chi connectivity index (χ4n) is 3.01. The Hall–Kier alpha value is -3.14. The average molecular weight is 378 g/mol. The van der Waals surface area contributed by atoms with Gasteiger partial charge in [0.25, 0.3) is 0 Å². The third-order valence-electron chi connectivity index (χ3n) is 4.62. The summed E-state index contributed by atoms with van der Waals surface area (Å²) < 4.78 is 19.6. The summed E-state index contributed by atoms with van der Waals surface area (Å²) in [5, 5.41) is 8.93. The van der Waals surface area contributed by atoms with Gasteiger partial charge in [0.15, 0.2) is 0 Å². The highest BCUT2D eigenvalue weighted by molar-refractivity contribution is 5.88. The van der Waals surface area contributed by atoms with E-state index < -0.39 is 11.8 Å². The molecule has 144 valence electrons. The Bertz CT molecular complexity index is 931. The van der Waals surface area contributed by atoms with Crippen LogP contribution in [0.1, 0.15) is 36.5 Å². The molecule has 0 saturated heterocycles. The van der Waals surface area contributed by atoms with Gasteiger partial charge in [0.1, 0.15) is 11.6 Å². The molecule has 0 aliphatic heterocycles. The van der Waals surface area contributed by atoms with Crippen molar-refractivity contribution >= 4 is 5.97 Å².